The second-order valence-electron chi connectivity index (χ2n) is 10.1. The van der Waals surface area contributed by atoms with Gasteiger partial charge >= 0.3 is 6.03 Å². The van der Waals surface area contributed by atoms with Crippen LogP contribution >= 0.6 is 11.6 Å². The lowest BCUT2D eigenvalue weighted by molar-refractivity contribution is 0.0585. The van der Waals surface area contributed by atoms with Gasteiger partial charge in [0.2, 0.25) is 10.0 Å². The van der Waals surface area contributed by atoms with Crippen LogP contribution < -0.4 is 9.62 Å². The van der Waals surface area contributed by atoms with E-state index in [4.69, 9.17) is 11.6 Å². The third-order valence-corrected chi connectivity index (χ3v) is 8.37. The zero-order chi connectivity index (χ0) is 24.6. The fourth-order valence-corrected chi connectivity index (χ4v) is 6.58. The van der Waals surface area contributed by atoms with Crippen LogP contribution in [0.5, 0.6) is 0 Å². The average Bonchev–Trinajstić information content (AvgIpc) is 3.55. The molecule has 11 heteroatoms. The number of nitrogens with zero attached hydrogens (tertiary/aromatic N) is 5. The van der Waals surface area contributed by atoms with Crippen molar-refractivity contribution in [1.29, 1.82) is 0 Å². The molecule has 1 N–H and O–H groups in total. The number of hydrogen-bond acceptors (Lipinski definition) is 6. The number of amides is 1. The summed E-state index contributed by atoms with van der Waals surface area (Å²) in [6.07, 6.45) is 9.15. The summed E-state index contributed by atoms with van der Waals surface area (Å²) in [6, 6.07) is 7.72. The normalized spacial score (nSPS) is 20.6. The smallest absolute Gasteiger partial charge is 0.344 e. The number of sulfonamides is 1. The minimum absolute atomic E-state index is 0.0972. The van der Waals surface area contributed by atoms with Gasteiger partial charge in [-0.3, -0.25) is 9.62 Å². The van der Waals surface area contributed by atoms with Gasteiger partial charge in [0.25, 0.3) is 0 Å². The molecular formula is C24H33ClN6O3S. The van der Waals surface area contributed by atoms with E-state index in [1.807, 2.05) is 4.90 Å². The Morgan fingerprint density at radius 1 is 1.06 bits per heavy atom. The van der Waals surface area contributed by atoms with E-state index in [1.54, 1.807) is 0 Å². The lowest BCUT2D eigenvalue weighted by Crippen LogP contribution is -2.53. The Morgan fingerprint density at radius 2 is 1.80 bits per heavy atom. The number of aromatic nitrogens is 2. The maximum absolute atomic E-state index is 13.0. The third-order valence-electron chi connectivity index (χ3n) is 7.57. The molecule has 1 aromatic carbocycles. The van der Waals surface area contributed by atoms with E-state index < -0.39 is 10.0 Å². The second kappa shape index (κ2) is 9.63. The highest BCUT2D eigenvalue weighted by molar-refractivity contribution is 7.92. The summed E-state index contributed by atoms with van der Waals surface area (Å²) in [5.41, 5.74) is 2.57. The standard InChI is InChI=1S/C24H33ClN6O3S/c1-35(33,34)27-22-5-12-31(26-22)23(32)29-13-7-24(8-14-29)6-4-11-30(24)18-19-15-20(25)17-21(16-19)28-9-2-3-10-28/h5,12,15-17H,2-4,6-11,13-14,18H2,1H3,(H,26,27). The molecule has 3 saturated heterocycles. The Labute approximate surface area is 212 Å². The molecule has 35 heavy (non-hydrogen) atoms. The van der Waals surface area contributed by atoms with Gasteiger partial charge in [0.05, 0.1) is 6.26 Å². The minimum atomic E-state index is -3.44. The van der Waals surface area contributed by atoms with Gasteiger partial charge in [-0.25, -0.2) is 13.2 Å². The molecule has 0 atom stereocenters. The summed E-state index contributed by atoms with van der Waals surface area (Å²) < 4.78 is 26.4. The van der Waals surface area contributed by atoms with Crippen LogP contribution in [0, 0.1) is 0 Å². The fraction of sp³-hybridized carbons (Fsp3) is 0.583. The summed E-state index contributed by atoms with van der Waals surface area (Å²) in [5.74, 6) is 0.145. The summed E-state index contributed by atoms with van der Waals surface area (Å²) in [6.45, 7) is 5.42. The number of likely N-dealkylation sites (tertiary alicyclic amines) is 2. The van der Waals surface area contributed by atoms with Gasteiger partial charge in [0.1, 0.15) is 0 Å². The Balaban J connectivity index is 1.23. The van der Waals surface area contributed by atoms with Crippen molar-refractivity contribution in [2.75, 3.05) is 48.6 Å². The molecule has 190 valence electrons. The molecule has 4 heterocycles. The predicted molar refractivity (Wildman–Crippen MR) is 138 cm³/mol. The first-order valence-corrected chi connectivity index (χ1v) is 14.6. The predicted octanol–water partition coefficient (Wildman–Crippen LogP) is 3.61. The quantitative estimate of drug-likeness (QED) is 0.647. The number of rotatable bonds is 5. The van der Waals surface area contributed by atoms with Gasteiger partial charge in [0.15, 0.2) is 5.82 Å². The molecule has 2 aromatic rings. The van der Waals surface area contributed by atoms with Crippen LogP contribution in [-0.2, 0) is 16.6 Å². The summed E-state index contributed by atoms with van der Waals surface area (Å²) in [5, 5.41) is 4.88. The molecule has 5 rings (SSSR count). The largest absolute Gasteiger partial charge is 0.371 e. The minimum Gasteiger partial charge on any atom is -0.371 e. The Kier molecular flexibility index (Phi) is 6.71. The average molecular weight is 521 g/mol. The number of carbonyl (C=O) groups is 1. The zero-order valence-electron chi connectivity index (χ0n) is 20.1. The molecule has 3 fully saturated rings. The van der Waals surface area contributed by atoms with Crippen molar-refractivity contribution in [1.82, 2.24) is 19.6 Å². The molecule has 0 aliphatic carbocycles. The number of anilines is 2. The second-order valence-corrected chi connectivity index (χ2v) is 12.2. The van der Waals surface area contributed by atoms with Gasteiger partial charge in [-0.05, 0) is 68.8 Å². The molecule has 0 saturated carbocycles. The Hall–Kier alpha value is -2.30. The summed E-state index contributed by atoms with van der Waals surface area (Å²) in [7, 11) is -3.44. The number of carbonyl (C=O) groups excluding carboxylic acids is 1. The monoisotopic (exact) mass is 520 g/mol. The van der Waals surface area contributed by atoms with Crippen LogP contribution in [0.15, 0.2) is 30.5 Å². The third kappa shape index (κ3) is 5.44. The van der Waals surface area contributed by atoms with E-state index in [2.05, 4.69) is 37.8 Å². The van der Waals surface area contributed by atoms with E-state index in [0.29, 0.717) is 13.1 Å². The lowest BCUT2D eigenvalue weighted by Gasteiger charge is -2.45. The van der Waals surface area contributed by atoms with Crippen molar-refractivity contribution < 1.29 is 13.2 Å². The number of halogens is 1. The van der Waals surface area contributed by atoms with Crippen molar-refractivity contribution in [3.05, 3.63) is 41.0 Å². The van der Waals surface area contributed by atoms with E-state index >= 15 is 0 Å². The van der Waals surface area contributed by atoms with Crippen molar-refractivity contribution in [2.45, 2.75) is 50.6 Å². The molecule has 1 spiro atoms. The maximum Gasteiger partial charge on any atom is 0.344 e. The van der Waals surface area contributed by atoms with E-state index in [1.165, 1.54) is 41.0 Å². The first-order valence-electron chi connectivity index (χ1n) is 12.3. The van der Waals surface area contributed by atoms with Crippen LogP contribution in [0.4, 0.5) is 16.3 Å². The number of benzene rings is 1. The highest BCUT2D eigenvalue weighted by atomic mass is 35.5. The van der Waals surface area contributed by atoms with Crippen molar-refractivity contribution in [3.8, 4) is 0 Å². The first-order chi connectivity index (χ1) is 16.7. The van der Waals surface area contributed by atoms with Crippen LogP contribution in [0.2, 0.25) is 5.02 Å². The van der Waals surface area contributed by atoms with Gasteiger partial charge in [-0.1, -0.05) is 11.6 Å². The van der Waals surface area contributed by atoms with Gasteiger partial charge in [0, 0.05) is 61.2 Å². The van der Waals surface area contributed by atoms with Gasteiger partial charge in [-0.15, -0.1) is 5.10 Å². The molecule has 1 amide bonds. The number of nitrogens with one attached hydrogen (secondary N) is 1. The van der Waals surface area contributed by atoms with Crippen molar-refractivity contribution >= 4 is 39.2 Å². The van der Waals surface area contributed by atoms with Crippen molar-refractivity contribution in [3.63, 3.8) is 0 Å². The molecule has 0 radical (unpaired) electrons. The number of hydrogen-bond donors (Lipinski definition) is 1. The van der Waals surface area contributed by atoms with E-state index in [-0.39, 0.29) is 17.4 Å². The van der Waals surface area contributed by atoms with Crippen LogP contribution in [0.1, 0.15) is 44.1 Å². The Bertz CT molecular complexity index is 1190. The highest BCUT2D eigenvalue weighted by Crippen LogP contribution is 2.40. The fourth-order valence-electron chi connectivity index (χ4n) is 5.84. The van der Waals surface area contributed by atoms with Crippen LogP contribution in [0.25, 0.3) is 0 Å². The molecule has 1 aromatic heterocycles. The SMILES string of the molecule is CS(=O)(=O)Nc1ccn(C(=O)N2CCC3(CCCN3Cc3cc(Cl)cc(N4CCCC4)c3)CC2)n1. The van der Waals surface area contributed by atoms with E-state index in [9.17, 15) is 13.2 Å². The van der Waals surface area contributed by atoms with E-state index in [0.717, 1.165) is 63.1 Å². The molecule has 3 aliphatic heterocycles. The van der Waals surface area contributed by atoms with Crippen LogP contribution in [0.3, 0.4) is 0 Å². The Morgan fingerprint density at radius 3 is 2.51 bits per heavy atom. The molecular weight excluding hydrogens is 488 g/mol. The summed E-state index contributed by atoms with van der Waals surface area (Å²) in [4.78, 5) is 19.8. The van der Waals surface area contributed by atoms with Crippen molar-refractivity contribution in [2.24, 2.45) is 0 Å². The van der Waals surface area contributed by atoms with Crippen LogP contribution in [-0.4, -0.2) is 78.5 Å². The highest BCUT2D eigenvalue weighted by Gasteiger charge is 2.44. The number of piperidine rings is 1. The van der Waals surface area contributed by atoms with Gasteiger partial charge < -0.3 is 9.80 Å². The molecule has 0 unspecified atom stereocenters. The zero-order valence-corrected chi connectivity index (χ0v) is 21.7. The maximum atomic E-state index is 13.0. The lowest BCUT2D eigenvalue weighted by atomic mass is 9.85. The molecule has 0 bridgehead atoms. The summed E-state index contributed by atoms with van der Waals surface area (Å²) >= 11 is 6.51. The first kappa shape index (κ1) is 24.4. The van der Waals surface area contributed by atoms with Gasteiger partial charge in [-0.2, -0.15) is 4.68 Å². The molecule has 9 nitrogen and oxygen atoms in total. The topological polar surface area (TPSA) is 90.8 Å². The molecule has 3 aliphatic rings.